The summed E-state index contributed by atoms with van der Waals surface area (Å²) in [7, 11) is 2.11. The van der Waals surface area contributed by atoms with Crippen LogP contribution in [0.15, 0.2) is 18.2 Å². The highest BCUT2D eigenvalue weighted by Crippen LogP contribution is 2.26. The van der Waals surface area contributed by atoms with Gasteiger partial charge in [-0.3, -0.25) is 0 Å². The van der Waals surface area contributed by atoms with E-state index in [4.69, 9.17) is 5.26 Å². The van der Waals surface area contributed by atoms with Crippen molar-refractivity contribution in [1.29, 1.82) is 5.26 Å². The Hall–Kier alpha value is -1.53. The van der Waals surface area contributed by atoms with E-state index in [2.05, 4.69) is 13.1 Å². The third kappa shape index (κ3) is 1.95. The highest BCUT2D eigenvalue weighted by atomic mass is 16.3. The molecule has 1 N–H and O–H groups in total. The van der Waals surface area contributed by atoms with E-state index in [-0.39, 0.29) is 0 Å². The zero-order valence-corrected chi connectivity index (χ0v) is 8.90. The second-order valence-electron chi connectivity index (χ2n) is 4.52. The molecule has 0 bridgehead atoms. The van der Waals surface area contributed by atoms with Crippen molar-refractivity contribution in [3.63, 3.8) is 0 Å². The van der Waals surface area contributed by atoms with Gasteiger partial charge in [0, 0.05) is 12.0 Å². The Morgan fingerprint density at radius 3 is 3.00 bits per heavy atom. The van der Waals surface area contributed by atoms with E-state index in [9.17, 15) is 5.11 Å². The minimum atomic E-state index is 0.338. The highest BCUT2D eigenvalue weighted by Gasteiger charge is 2.28. The van der Waals surface area contributed by atoms with Gasteiger partial charge in [-0.15, -0.1) is 0 Å². The molecule has 1 unspecified atom stereocenters. The fourth-order valence-corrected chi connectivity index (χ4v) is 2.19. The van der Waals surface area contributed by atoms with Gasteiger partial charge in [-0.1, -0.05) is 0 Å². The molecule has 2 rings (SSSR count). The van der Waals surface area contributed by atoms with Crippen LogP contribution >= 0.6 is 0 Å². The zero-order chi connectivity index (χ0) is 10.9. The quantitative estimate of drug-likeness (QED) is 0.554. The SMILES string of the molecule is C[N+]1(CC#N)CCc2cc(O)ccc2C1. The first-order valence-corrected chi connectivity index (χ1v) is 5.14. The second kappa shape index (κ2) is 3.56. The summed E-state index contributed by atoms with van der Waals surface area (Å²) in [5.41, 5.74) is 2.49. The summed E-state index contributed by atoms with van der Waals surface area (Å²) in [6.45, 7) is 2.42. The number of hydrogen-bond donors (Lipinski definition) is 1. The van der Waals surface area contributed by atoms with Crippen molar-refractivity contribution in [3.05, 3.63) is 29.3 Å². The van der Waals surface area contributed by atoms with Crippen LogP contribution in [0, 0.1) is 11.3 Å². The van der Waals surface area contributed by atoms with Gasteiger partial charge >= 0.3 is 0 Å². The smallest absolute Gasteiger partial charge is 0.166 e. The molecule has 3 nitrogen and oxygen atoms in total. The van der Waals surface area contributed by atoms with Crippen molar-refractivity contribution in [2.24, 2.45) is 0 Å². The van der Waals surface area contributed by atoms with Crippen LogP contribution in [0.25, 0.3) is 0 Å². The number of aromatic hydroxyl groups is 1. The fraction of sp³-hybridized carbons (Fsp3) is 0.417. The fourth-order valence-electron chi connectivity index (χ4n) is 2.19. The lowest BCUT2D eigenvalue weighted by atomic mass is 9.98. The molecule has 15 heavy (non-hydrogen) atoms. The van der Waals surface area contributed by atoms with E-state index in [1.54, 1.807) is 6.07 Å². The molecule has 1 aromatic carbocycles. The molecule has 1 aliphatic heterocycles. The minimum absolute atomic E-state index is 0.338. The molecule has 3 heteroatoms. The summed E-state index contributed by atoms with van der Waals surface area (Å²) in [6.07, 6.45) is 0.946. The van der Waals surface area contributed by atoms with Crippen LogP contribution in [0.4, 0.5) is 0 Å². The van der Waals surface area contributed by atoms with Crippen molar-refractivity contribution in [1.82, 2.24) is 0 Å². The van der Waals surface area contributed by atoms with Crippen LogP contribution in [0.1, 0.15) is 11.1 Å². The monoisotopic (exact) mass is 203 g/mol. The third-order valence-electron chi connectivity index (χ3n) is 3.12. The molecule has 1 heterocycles. The zero-order valence-electron chi connectivity index (χ0n) is 8.90. The molecule has 0 amide bonds. The number of benzene rings is 1. The number of quaternary nitrogens is 1. The van der Waals surface area contributed by atoms with Crippen molar-refractivity contribution in [2.75, 3.05) is 20.1 Å². The highest BCUT2D eigenvalue weighted by molar-refractivity contribution is 5.35. The Morgan fingerprint density at radius 2 is 2.27 bits per heavy atom. The van der Waals surface area contributed by atoms with Crippen LogP contribution in [0.2, 0.25) is 0 Å². The van der Waals surface area contributed by atoms with E-state index >= 15 is 0 Å². The van der Waals surface area contributed by atoms with Gasteiger partial charge in [0.2, 0.25) is 0 Å². The summed E-state index contributed by atoms with van der Waals surface area (Å²) in [5.74, 6) is 0.338. The molecule has 78 valence electrons. The molecular formula is C12H15N2O+. The average molecular weight is 203 g/mol. The first-order valence-electron chi connectivity index (χ1n) is 5.14. The molecule has 0 radical (unpaired) electrons. The van der Waals surface area contributed by atoms with E-state index in [0.29, 0.717) is 12.3 Å². The third-order valence-corrected chi connectivity index (χ3v) is 3.12. The topological polar surface area (TPSA) is 44.0 Å². The van der Waals surface area contributed by atoms with Crippen molar-refractivity contribution in [3.8, 4) is 11.8 Å². The van der Waals surface area contributed by atoms with Gasteiger partial charge in [-0.05, 0) is 23.8 Å². The van der Waals surface area contributed by atoms with Crippen molar-refractivity contribution < 1.29 is 9.59 Å². The Balaban J connectivity index is 2.28. The minimum Gasteiger partial charge on any atom is -0.508 e. The number of rotatable bonds is 1. The van der Waals surface area contributed by atoms with Crippen LogP contribution in [-0.4, -0.2) is 29.7 Å². The van der Waals surface area contributed by atoms with Crippen molar-refractivity contribution in [2.45, 2.75) is 13.0 Å². The number of phenols is 1. The summed E-state index contributed by atoms with van der Waals surface area (Å²) < 4.78 is 0.786. The number of phenolic OH excluding ortho intramolecular Hbond substituents is 1. The lowest BCUT2D eigenvalue weighted by Gasteiger charge is -2.36. The molecule has 0 aromatic heterocycles. The van der Waals surface area contributed by atoms with Crippen LogP contribution in [0.3, 0.4) is 0 Å². The molecule has 0 spiro atoms. The normalized spacial score (nSPS) is 24.3. The van der Waals surface area contributed by atoms with Gasteiger partial charge in [0.05, 0.1) is 13.6 Å². The summed E-state index contributed by atoms with van der Waals surface area (Å²) in [4.78, 5) is 0. The molecule has 0 saturated heterocycles. The summed E-state index contributed by atoms with van der Waals surface area (Å²) in [6, 6.07) is 7.77. The van der Waals surface area contributed by atoms with Crippen LogP contribution in [0.5, 0.6) is 5.75 Å². The van der Waals surface area contributed by atoms with Gasteiger partial charge in [0.1, 0.15) is 18.4 Å². The number of nitriles is 1. The maximum absolute atomic E-state index is 9.36. The number of hydrogen-bond acceptors (Lipinski definition) is 2. The first-order chi connectivity index (χ1) is 7.13. The second-order valence-corrected chi connectivity index (χ2v) is 4.52. The Labute approximate surface area is 89.8 Å². The number of nitrogens with zero attached hydrogens (tertiary/aromatic N) is 2. The maximum Gasteiger partial charge on any atom is 0.166 e. The predicted octanol–water partition coefficient (Wildman–Crippen LogP) is 1.42. The molecular weight excluding hydrogens is 188 g/mol. The predicted molar refractivity (Wildman–Crippen MR) is 57.0 cm³/mol. The molecule has 1 aliphatic rings. The van der Waals surface area contributed by atoms with Gasteiger partial charge in [-0.25, -0.2) is 0 Å². The van der Waals surface area contributed by atoms with Crippen molar-refractivity contribution >= 4 is 0 Å². The van der Waals surface area contributed by atoms with Gasteiger partial charge in [-0.2, -0.15) is 5.26 Å². The first kappa shape index (κ1) is 10.0. The van der Waals surface area contributed by atoms with Crippen LogP contribution in [-0.2, 0) is 13.0 Å². The number of fused-ring (bicyclic) bond motifs is 1. The molecule has 0 saturated carbocycles. The lowest BCUT2D eigenvalue weighted by Crippen LogP contribution is -2.47. The number of likely N-dealkylation sites (N-methyl/N-ethyl adjacent to an activating group) is 1. The largest absolute Gasteiger partial charge is 0.508 e. The van der Waals surface area contributed by atoms with E-state index in [1.165, 1.54) is 11.1 Å². The van der Waals surface area contributed by atoms with Gasteiger partial charge < -0.3 is 9.59 Å². The standard InChI is InChI=1S/C12H14N2O/c1-14(7-5-13)6-4-10-8-12(15)3-2-11(10)9-14/h2-3,8H,4,6-7,9H2,1H3/p+1. The average Bonchev–Trinajstić information content (AvgIpc) is 2.19. The Morgan fingerprint density at radius 1 is 1.47 bits per heavy atom. The van der Waals surface area contributed by atoms with Gasteiger partial charge in [0.15, 0.2) is 6.54 Å². The molecule has 0 aliphatic carbocycles. The molecule has 1 aromatic rings. The van der Waals surface area contributed by atoms with Crippen LogP contribution < -0.4 is 0 Å². The van der Waals surface area contributed by atoms with E-state index in [0.717, 1.165) is 24.0 Å². The van der Waals surface area contributed by atoms with E-state index in [1.807, 2.05) is 12.1 Å². The Bertz CT molecular complexity index is 422. The summed E-state index contributed by atoms with van der Waals surface area (Å²) in [5, 5.41) is 18.1. The summed E-state index contributed by atoms with van der Waals surface area (Å²) >= 11 is 0. The Kier molecular flexibility index (Phi) is 2.37. The van der Waals surface area contributed by atoms with E-state index < -0.39 is 0 Å². The maximum atomic E-state index is 9.36. The molecule has 1 atom stereocenters. The lowest BCUT2D eigenvalue weighted by molar-refractivity contribution is -0.917. The molecule has 0 fully saturated rings. The van der Waals surface area contributed by atoms with Gasteiger partial charge in [0.25, 0.3) is 0 Å².